The number of carbonyl (C=O) groups is 1. The van der Waals surface area contributed by atoms with E-state index in [1.165, 1.54) is 12.1 Å². The van der Waals surface area contributed by atoms with E-state index in [1.54, 1.807) is 12.1 Å². The molecule has 1 aliphatic heterocycles. The van der Waals surface area contributed by atoms with Crippen LogP contribution in [0, 0.1) is 5.82 Å². The zero-order valence-electron chi connectivity index (χ0n) is 14.1. The summed E-state index contributed by atoms with van der Waals surface area (Å²) in [7, 11) is 0. The summed E-state index contributed by atoms with van der Waals surface area (Å²) >= 11 is 0. The fourth-order valence-electron chi connectivity index (χ4n) is 2.80. The smallest absolute Gasteiger partial charge is 0.317 e. The molecule has 0 radical (unpaired) electrons. The summed E-state index contributed by atoms with van der Waals surface area (Å²) in [6, 6.07) is 6.02. The topological polar surface area (TPSA) is 55.8 Å². The quantitative estimate of drug-likeness (QED) is 0.820. The molecule has 24 heavy (non-hydrogen) atoms. The van der Waals surface area contributed by atoms with Gasteiger partial charge in [0.25, 0.3) is 0 Å². The first kappa shape index (κ1) is 20.7. The number of urea groups is 1. The fraction of sp³-hybridized carbons (Fsp3) is 0.588. The van der Waals surface area contributed by atoms with Gasteiger partial charge in [0, 0.05) is 32.7 Å². The van der Waals surface area contributed by atoms with Gasteiger partial charge in [0.05, 0.1) is 6.10 Å². The molecule has 7 heteroatoms. The third-order valence-corrected chi connectivity index (χ3v) is 4.19. The van der Waals surface area contributed by atoms with Crippen LogP contribution in [0.4, 0.5) is 9.18 Å². The maximum atomic E-state index is 12.9. The lowest BCUT2D eigenvalue weighted by Gasteiger charge is -2.34. The molecule has 2 rings (SSSR count). The highest BCUT2D eigenvalue weighted by molar-refractivity contribution is 5.85. The molecule has 1 atom stereocenters. The SMILES string of the molecule is CCNC(=O)N1CCN(CCCC(O)c2ccc(F)cc2)CC1.Cl. The van der Waals surface area contributed by atoms with Crippen molar-refractivity contribution >= 4 is 18.4 Å². The van der Waals surface area contributed by atoms with Gasteiger partial charge in [0.2, 0.25) is 0 Å². The second-order valence-electron chi connectivity index (χ2n) is 5.87. The Kier molecular flexibility index (Phi) is 9.03. The second kappa shape index (κ2) is 10.5. The highest BCUT2D eigenvalue weighted by atomic mass is 35.5. The minimum Gasteiger partial charge on any atom is -0.388 e. The Morgan fingerprint density at radius 1 is 1.25 bits per heavy atom. The molecule has 136 valence electrons. The number of nitrogens with one attached hydrogen (secondary N) is 1. The summed E-state index contributed by atoms with van der Waals surface area (Å²) in [6.07, 6.45) is 0.981. The first-order chi connectivity index (χ1) is 11.1. The lowest BCUT2D eigenvalue weighted by atomic mass is 10.0. The predicted octanol–water partition coefficient (Wildman–Crippen LogP) is 2.41. The average molecular weight is 360 g/mol. The van der Waals surface area contributed by atoms with E-state index in [1.807, 2.05) is 11.8 Å². The standard InChI is InChI=1S/C17H26FN3O2.ClH/c1-2-19-17(23)21-12-10-20(11-13-21)9-3-4-16(22)14-5-7-15(18)8-6-14;/h5-8,16,22H,2-4,9-13H2,1H3,(H,19,23);1H. The molecule has 2 N–H and O–H groups in total. The van der Waals surface area contributed by atoms with E-state index in [4.69, 9.17) is 0 Å². The van der Waals surface area contributed by atoms with Crippen molar-refractivity contribution in [3.05, 3.63) is 35.6 Å². The number of hydrogen-bond donors (Lipinski definition) is 2. The van der Waals surface area contributed by atoms with Crippen molar-refractivity contribution in [1.29, 1.82) is 0 Å². The van der Waals surface area contributed by atoms with Crippen LogP contribution in [0.3, 0.4) is 0 Å². The molecule has 1 aliphatic rings. The molecule has 0 aliphatic carbocycles. The normalized spacial score (nSPS) is 16.4. The molecule has 1 unspecified atom stereocenters. The maximum Gasteiger partial charge on any atom is 0.317 e. The third-order valence-electron chi connectivity index (χ3n) is 4.19. The fourth-order valence-corrected chi connectivity index (χ4v) is 2.80. The number of aliphatic hydroxyl groups excluding tert-OH is 1. The van der Waals surface area contributed by atoms with Crippen LogP contribution in [0.25, 0.3) is 0 Å². The van der Waals surface area contributed by atoms with Gasteiger partial charge < -0.3 is 15.3 Å². The minimum atomic E-state index is -0.549. The Labute approximate surface area is 149 Å². The van der Waals surface area contributed by atoms with E-state index < -0.39 is 6.10 Å². The summed E-state index contributed by atoms with van der Waals surface area (Å²) in [4.78, 5) is 15.9. The molecule has 1 aromatic carbocycles. The third kappa shape index (κ3) is 6.26. The molecule has 0 spiro atoms. The molecule has 5 nitrogen and oxygen atoms in total. The largest absolute Gasteiger partial charge is 0.388 e. The monoisotopic (exact) mass is 359 g/mol. The van der Waals surface area contributed by atoms with Crippen LogP contribution in [-0.2, 0) is 0 Å². The molecular formula is C17H27ClFN3O2. The molecule has 2 amide bonds. The zero-order chi connectivity index (χ0) is 16.7. The molecular weight excluding hydrogens is 333 g/mol. The van der Waals surface area contributed by atoms with Gasteiger partial charge in [-0.25, -0.2) is 9.18 Å². The van der Waals surface area contributed by atoms with Crippen molar-refractivity contribution in [2.45, 2.75) is 25.9 Å². The van der Waals surface area contributed by atoms with Gasteiger partial charge in [-0.2, -0.15) is 0 Å². The number of benzene rings is 1. The summed E-state index contributed by atoms with van der Waals surface area (Å²) in [5, 5.41) is 12.9. The number of halogens is 2. The van der Waals surface area contributed by atoms with E-state index >= 15 is 0 Å². The van der Waals surface area contributed by atoms with E-state index in [0.717, 1.165) is 44.7 Å². The van der Waals surface area contributed by atoms with Gasteiger partial charge >= 0.3 is 6.03 Å². The molecule has 0 aromatic heterocycles. The number of rotatable bonds is 6. The van der Waals surface area contributed by atoms with Gasteiger partial charge in [0.15, 0.2) is 0 Å². The Balaban J connectivity index is 0.00000288. The van der Waals surface area contributed by atoms with Gasteiger partial charge in [-0.1, -0.05) is 12.1 Å². The van der Waals surface area contributed by atoms with Crippen LogP contribution < -0.4 is 5.32 Å². The van der Waals surface area contributed by atoms with Crippen LogP contribution in [-0.4, -0.2) is 60.2 Å². The van der Waals surface area contributed by atoms with E-state index in [0.29, 0.717) is 13.0 Å². The van der Waals surface area contributed by atoms with E-state index in [9.17, 15) is 14.3 Å². The summed E-state index contributed by atoms with van der Waals surface area (Å²) in [6.45, 7) is 6.69. The summed E-state index contributed by atoms with van der Waals surface area (Å²) in [5.74, 6) is -0.286. The van der Waals surface area contributed by atoms with Crippen LogP contribution in [0.15, 0.2) is 24.3 Å². The Hall–Kier alpha value is -1.37. The van der Waals surface area contributed by atoms with Crippen LogP contribution >= 0.6 is 12.4 Å². The zero-order valence-corrected chi connectivity index (χ0v) is 14.9. The predicted molar refractivity (Wildman–Crippen MR) is 94.9 cm³/mol. The Bertz CT molecular complexity index is 493. The number of carbonyl (C=O) groups excluding carboxylic acids is 1. The van der Waals surface area contributed by atoms with Crippen molar-refractivity contribution in [3.63, 3.8) is 0 Å². The van der Waals surface area contributed by atoms with Gasteiger partial charge in [-0.15, -0.1) is 12.4 Å². The second-order valence-corrected chi connectivity index (χ2v) is 5.87. The van der Waals surface area contributed by atoms with Crippen molar-refractivity contribution in [2.75, 3.05) is 39.3 Å². The van der Waals surface area contributed by atoms with E-state index in [2.05, 4.69) is 10.2 Å². The lowest BCUT2D eigenvalue weighted by molar-refractivity contribution is 0.126. The van der Waals surface area contributed by atoms with Crippen molar-refractivity contribution in [1.82, 2.24) is 15.1 Å². The number of piperazine rings is 1. The summed E-state index contributed by atoms with van der Waals surface area (Å²) < 4.78 is 12.9. The van der Waals surface area contributed by atoms with Crippen LogP contribution in [0.1, 0.15) is 31.4 Å². The van der Waals surface area contributed by atoms with Crippen molar-refractivity contribution in [3.8, 4) is 0 Å². The Morgan fingerprint density at radius 3 is 2.46 bits per heavy atom. The average Bonchev–Trinajstić information content (AvgIpc) is 2.56. The number of hydrogen-bond acceptors (Lipinski definition) is 3. The van der Waals surface area contributed by atoms with Crippen LogP contribution in [0.2, 0.25) is 0 Å². The van der Waals surface area contributed by atoms with Gasteiger partial charge in [-0.3, -0.25) is 4.90 Å². The molecule has 1 fully saturated rings. The molecule has 1 heterocycles. The van der Waals surface area contributed by atoms with E-state index in [-0.39, 0.29) is 24.3 Å². The summed E-state index contributed by atoms with van der Waals surface area (Å²) in [5.41, 5.74) is 0.757. The first-order valence-corrected chi connectivity index (χ1v) is 8.29. The van der Waals surface area contributed by atoms with Crippen molar-refractivity contribution < 1.29 is 14.3 Å². The molecule has 0 bridgehead atoms. The van der Waals surface area contributed by atoms with Crippen LogP contribution in [0.5, 0.6) is 0 Å². The Morgan fingerprint density at radius 2 is 1.88 bits per heavy atom. The van der Waals surface area contributed by atoms with Gasteiger partial charge in [-0.05, 0) is 44.0 Å². The first-order valence-electron chi connectivity index (χ1n) is 8.29. The highest BCUT2D eigenvalue weighted by Gasteiger charge is 2.20. The van der Waals surface area contributed by atoms with Gasteiger partial charge in [0.1, 0.15) is 5.82 Å². The molecule has 1 saturated heterocycles. The number of nitrogens with zero attached hydrogens (tertiary/aromatic N) is 2. The van der Waals surface area contributed by atoms with Crippen molar-refractivity contribution in [2.24, 2.45) is 0 Å². The minimum absolute atomic E-state index is 0. The number of aliphatic hydroxyl groups is 1. The lowest BCUT2D eigenvalue weighted by Crippen LogP contribution is -2.51. The highest BCUT2D eigenvalue weighted by Crippen LogP contribution is 2.19. The number of amides is 2. The maximum absolute atomic E-state index is 12.9. The molecule has 0 saturated carbocycles. The molecule has 1 aromatic rings.